The van der Waals surface area contributed by atoms with Gasteiger partial charge in [0.25, 0.3) is 0 Å². The van der Waals surface area contributed by atoms with Crippen LogP contribution in [0.4, 0.5) is 0 Å². The first kappa shape index (κ1) is 28.6. The van der Waals surface area contributed by atoms with Crippen LogP contribution in [-0.2, 0) is 19.1 Å². The summed E-state index contributed by atoms with van der Waals surface area (Å²) >= 11 is 0. The molecule has 164 valence electrons. The summed E-state index contributed by atoms with van der Waals surface area (Å²) in [5.41, 5.74) is 0.968. The van der Waals surface area contributed by atoms with E-state index in [0.29, 0.717) is 17.8 Å². The van der Waals surface area contributed by atoms with Crippen LogP contribution in [0.5, 0.6) is 0 Å². The topological polar surface area (TPSA) is 52.6 Å². The number of esters is 2. The van der Waals surface area contributed by atoms with Gasteiger partial charge in [-0.1, -0.05) is 78.9 Å². The average Bonchev–Trinajstić information content (AvgIpc) is 2.66. The van der Waals surface area contributed by atoms with E-state index in [9.17, 15) is 9.59 Å². The Morgan fingerprint density at radius 2 is 1.25 bits per heavy atom. The van der Waals surface area contributed by atoms with Crippen LogP contribution in [0, 0.1) is 0 Å². The van der Waals surface area contributed by atoms with Gasteiger partial charge in [0.1, 0.15) is 6.10 Å². The van der Waals surface area contributed by atoms with Crippen molar-refractivity contribution in [3.05, 3.63) is 24.3 Å². The highest BCUT2D eigenvalue weighted by atomic mass is 16.5. The minimum absolute atomic E-state index is 0.0748. The van der Waals surface area contributed by atoms with E-state index in [1.807, 2.05) is 6.92 Å². The van der Waals surface area contributed by atoms with Crippen molar-refractivity contribution in [2.75, 3.05) is 6.61 Å². The van der Waals surface area contributed by atoms with Gasteiger partial charge in [0, 0.05) is 11.1 Å². The summed E-state index contributed by atoms with van der Waals surface area (Å²) in [5.74, 6) is -0.521. The van der Waals surface area contributed by atoms with Gasteiger partial charge in [-0.2, -0.15) is 0 Å². The maximum Gasteiger partial charge on any atom is 0.333 e. The van der Waals surface area contributed by atoms with E-state index >= 15 is 0 Å². The van der Waals surface area contributed by atoms with Gasteiger partial charge in [-0.05, 0) is 39.5 Å². The summed E-state index contributed by atoms with van der Waals surface area (Å²) < 4.78 is 10.2. The lowest BCUT2D eigenvalue weighted by atomic mass is 10.1. The Kier molecular flexibility index (Phi) is 20.6. The fraction of sp³-hybridized carbons (Fsp3) is 0.750. The lowest BCUT2D eigenvalue weighted by molar-refractivity contribution is -0.144. The van der Waals surface area contributed by atoms with Crippen LogP contribution in [0.25, 0.3) is 0 Å². The fourth-order valence-corrected chi connectivity index (χ4v) is 2.39. The average molecular weight is 397 g/mol. The van der Waals surface area contributed by atoms with Gasteiger partial charge >= 0.3 is 11.9 Å². The summed E-state index contributed by atoms with van der Waals surface area (Å²) in [6, 6.07) is 0. The highest BCUT2D eigenvalue weighted by Crippen LogP contribution is 2.11. The molecular formula is C24H44O4. The van der Waals surface area contributed by atoms with Gasteiger partial charge in [0.05, 0.1) is 6.61 Å². The fourth-order valence-electron chi connectivity index (χ4n) is 2.39. The maximum absolute atomic E-state index is 11.2. The van der Waals surface area contributed by atoms with Crippen molar-refractivity contribution in [2.45, 2.75) is 111 Å². The third kappa shape index (κ3) is 19.2. The van der Waals surface area contributed by atoms with E-state index in [-0.39, 0.29) is 18.0 Å². The zero-order valence-corrected chi connectivity index (χ0v) is 19.1. The van der Waals surface area contributed by atoms with E-state index in [1.165, 1.54) is 38.5 Å². The Balaban J connectivity index is 0. The molecule has 4 heteroatoms. The Hall–Kier alpha value is -1.58. The van der Waals surface area contributed by atoms with E-state index in [1.54, 1.807) is 13.8 Å². The molecule has 0 heterocycles. The van der Waals surface area contributed by atoms with Crippen LogP contribution >= 0.6 is 0 Å². The van der Waals surface area contributed by atoms with E-state index in [2.05, 4.69) is 27.0 Å². The molecule has 28 heavy (non-hydrogen) atoms. The highest BCUT2D eigenvalue weighted by molar-refractivity contribution is 5.87. The molecule has 0 saturated carbocycles. The van der Waals surface area contributed by atoms with Gasteiger partial charge < -0.3 is 9.47 Å². The molecule has 0 aromatic rings. The highest BCUT2D eigenvalue weighted by Gasteiger charge is 2.12. The molecule has 0 aromatic heterocycles. The van der Waals surface area contributed by atoms with Crippen molar-refractivity contribution >= 4 is 11.9 Å². The third-order valence-corrected chi connectivity index (χ3v) is 4.29. The number of hydrogen-bond acceptors (Lipinski definition) is 4. The quantitative estimate of drug-likeness (QED) is 0.171. The molecule has 0 aliphatic rings. The van der Waals surface area contributed by atoms with Gasteiger partial charge in [0.15, 0.2) is 0 Å². The first-order chi connectivity index (χ1) is 13.3. The number of carbonyl (C=O) groups excluding carboxylic acids is 2. The molecule has 0 fully saturated rings. The summed E-state index contributed by atoms with van der Waals surface area (Å²) in [7, 11) is 0. The van der Waals surface area contributed by atoms with Crippen LogP contribution in [-0.4, -0.2) is 24.6 Å². The molecule has 0 bridgehead atoms. The Morgan fingerprint density at radius 1 is 0.750 bits per heavy atom. The summed E-state index contributed by atoms with van der Waals surface area (Å²) in [6.07, 6.45) is 12.7. The van der Waals surface area contributed by atoms with Gasteiger partial charge in [0.2, 0.25) is 0 Å². The van der Waals surface area contributed by atoms with Gasteiger partial charge in [-0.15, -0.1) is 0 Å². The number of unbranched alkanes of at least 4 members (excludes halogenated alkanes) is 7. The van der Waals surface area contributed by atoms with Crippen LogP contribution < -0.4 is 0 Å². The van der Waals surface area contributed by atoms with Crippen LogP contribution in [0.3, 0.4) is 0 Å². The monoisotopic (exact) mass is 396 g/mol. The summed E-state index contributed by atoms with van der Waals surface area (Å²) in [6.45, 7) is 17.4. The third-order valence-electron chi connectivity index (χ3n) is 4.29. The van der Waals surface area contributed by atoms with E-state index in [0.717, 1.165) is 32.1 Å². The first-order valence-electron chi connectivity index (χ1n) is 11.0. The smallest absolute Gasteiger partial charge is 0.333 e. The molecule has 4 nitrogen and oxygen atoms in total. The normalized spacial score (nSPS) is 11.0. The second kappa shape index (κ2) is 20.2. The zero-order chi connectivity index (χ0) is 21.8. The Morgan fingerprint density at radius 3 is 1.75 bits per heavy atom. The van der Waals surface area contributed by atoms with Gasteiger partial charge in [-0.25, -0.2) is 9.59 Å². The molecule has 0 N–H and O–H groups in total. The number of hydrogen-bond donors (Lipinski definition) is 0. The molecule has 1 atom stereocenters. The molecule has 0 saturated heterocycles. The van der Waals surface area contributed by atoms with Gasteiger partial charge in [-0.3, -0.25) is 0 Å². The summed E-state index contributed by atoms with van der Waals surface area (Å²) in [5, 5.41) is 0. The molecule has 0 amide bonds. The van der Waals surface area contributed by atoms with Crippen molar-refractivity contribution in [3.63, 3.8) is 0 Å². The lowest BCUT2D eigenvalue weighted by Gasteiger charge is -2.15. The molecule has 0 radical (unpaired) electrons. The molecular weight excluding hydrogens is 352 g/mol. The number of carbonyl (C=O) groups is 2. The molecule has 0 aliphatic carbocycles. The van der Waals surface area contributed by atoms with Crippen LogP contribution in [0.15, 0.2) is 24.3 Å². The predicted molar refractivity (Wildman–Crippen MR) is 118 cm³/mol. The minimum Gasteiger partial charge on any atom is -0.462 e. The van der Waals surface area contributed by atoms with Crippen molar-refractivity contribution < 1.29 is 19.1 Å². The van der Waals surface area contributed by atoms with Crippen LogP contribution in [0.2, 0.25) is 0 Å². The van der Waals surface area contributed by atoms with Crippen molar-refractivity contribution in [3.8, 4) is 0 Å². The molecule has 0 aromatic carbocycles. The SMILES string of the molecule is C=C(C)C(=O)OC(CC)CCCCC.C=C(C)C(=O)OCCCCCCCC. The standard InChI is InChI=1S/2C12H22O2/c1-5-7-8-9-11(6-2)14-12(13)10(3)4;1-4-5-6-7-8-9-10-14-12(13)11(2)3/h11H,3,5-9H2,1-2,4H3;2,4-10H2,1,3H3. The van der Waals surface area contributed by atoms with Crippen molar-refractivity contribution in [2.24, 2.45) is 0 Å². The van der Waals surface area contributed by atoms with Crippen LogP contribution in [0.1, 0.15) is 105 Å². The van der Waals surface area contributed by atoms with E-state index in [4.69, 9.17) is 9.47 Å². The molecule has 0 rings (SSSR count). The minimum atomic E-state index is -0.265. The second-order valence-electron chi connectivity index (χ2n) is 7.40. The zero-order valence-electron chi connectivity index (χ0n) is 19.1. The summed E-state index contributed by atoms with van der Waals surface area (Å²) in [4.78, 5) is 22.2. The number of ether oxygens (including phenoxy) is 2. The Labute approximate surface area is 173 Å². The maximum atomic E-state index is 11.2. The molecule has 1 unspecified atom stereocenters. The second-order valence-corrected chi connectivity index (χ2v) is 7.40. The van der Waals surface area contributed by atoms with E-state index < -0.39 is 0 Å². The Bertz CT molecular complexity index is 440. The predicted octanol–water partition coefficient (Wildman–Crippen LogP) is 6.93. The van der Waals surface area contributed by atoms with Crippen molar-refractivity contribution in [1.29, 1.82) is 0 Å². The lowest BCUT2D eigenvalue weighted by Crippen LogP contribution is -2.17. The largest absolute Gasteiger partial charge is 0.462 e. The molecule has 0 spiro atoms. The van der Waals surface area contributed by atoms with Crippen molar-refractivity contribution in [1.82, 2.24) is 0 Å². The number of rotatable bonds is 15. The molecule has 0 aliphatic heterocycles. The first-order valence-corrected chi connectivity index (χ1v) is 11.0.